The van der Waals surface area contributed by atoms with Gasteiger partial charge in [0.1, 0.15) is 0 Å². The molecule has 0 fully saturated rings. The maximum absolute atomic E-state index is 5.91. The standard InChI is InChI=1S/C17H20N4S2.C2H6/c18-16(20-14-8-3-1-4-9-14)22-12-7-13-23-17(19)21-15-10-5-2-6-11-15;1-2/h1-6,8-11H,7,12-13H2,(H2,18,20)(H2,19,21);1-2H3. The van der Waals surface area contributed by atoms with E-state index in [4.69, 9.17) is 11.5 Å². The summed E-state index contributed by atoms with van der Waals surface area (Å²) >= 11 is 3.12. The number of para-hydroxylation sites is 2. The Labute approximate surface area is 159 Å². The van der Waals surface area contributed by atoms with Crippen molar-refractivity contribution in [3.05, 3.63) is 60.7 Å². The lowest BCUT2D eigenvalue weighted by atomic mass is 10.3. The van der Waals surface area contributed by atoms with Crippen LogP contribution in [-0.4, -0.2) is 21.8 Å². The van der Waals surface area contributed by atoms with Crippen LogP contribution in [0, 0.1) is 0 Å². The Balaban J connectivity index is 0.00000151. The lowest BCUT2D eigenvalue weighted by Crippen LogP contribution is -2.09. The second-order valence-electron chi connectivity index (χ2n) is 4.62. The van der Waals surface area contributed by atoms with E-state index in [0.717, 1.165) is 29.3 Å². The minimum atomic E-state index is 0.590. The van der Waals surface area contributed by atoms with Crippen molar-refractivity contribution in [2.45, 2.75) is 20.3 Å². The Bertz CT molecular complexity index is 585. The lowest BCUT2D eigenvalue weighted by molar-refractivity contribution is 1.13. The third kappa shape index (κ3) is 9.84. The molecule has 0 bridgehead atoms. The predicted octanol–water partition coefficient (Wildman–Crippen LogP) is 5.16. The second-order valence-corrected chi connectivity index (χ2v) is 6.85. The van der Waals surface area contributed by atoms with Crippen LogP contribution >= 0.6 is 23.5 Å². The molecule has 0 radical (unpaired) electrons. The zero-order valence-electron chi connectivity index (χ0n) is 14.8. The van der Waals surface area contributed by atoms with Crippen LogP contribution in [-0.2, 0) is 0 Å². The molecule has 4 nitrogen and oxygen atoms in total. The third-order valence-corrected chi connectivity index (χ3v) is 4.54. The molecule has 0 spiro atoms. The highest BCUT2D eigenvalue weighted by Gasteiger charge is 1.98. The van der Waals surface area contributed by atoms with E-state index in [1.54, 1.807) is 23.5 Å². The van der Waals surface area contributed by atoms with E-state index in [-0.39, 0.29) is 0 Å². The molecule has 6 heteroatoms. The van der Waals surface area contributed by atoms with Gasteiger partial charge in [-0.05, 0) is 30.7 Å². The highest BCUT2D eigenvalue weighted by Crippen LogP contribution is 2.16. The van der Waals surface area contributed by atoms with Crippen molar-refractivity contribution in [2.24, 2.45) is 21.5 Å². The Morgan fingerprint density at radius 3 is 1.44 bits per heavy atom. The number of hydrogen-bond donors (Lipinski definition) is 2. The monoisotopic (exact) mass is 374 g/mol. The SMILES string of the molecule is CC.NC(=Nc1ccccc1)SCCCSC(N)=Nc1ccccc1. The smallest absolute Gasteiger partial charge is 0.159 e. The largest absolute Gasteiger partial charge is 0.378 e. The van der Waals surface area contributed by atoms with Crippen LogP contribution in [0.4, 0.5) is 11.4 Å². The molecule has 4 N–H and O–H groups in total. The highest BCUT2D eigenvalue weighted by atomic mass is 32.2. The van der Waals surface area contributed by atoms with Crippen LogP contribution in [0.25, 0.3) is 0 Å². The molecule has 0 aromatic heterocycles. The fourth-order valence-electron chi connectivity index (χ4n) is 1.74. The predicted molar refractivity (Wildman–Crippen MR) is 116 cm³/mol. The number of nitrogens with zero attached hydrogens (tertiary/aromatic N) is 2. The zero-order chi connectivity index (χ0) is 18.3. The first-order chi connectivity index (χ1) is 12.2. The van der Waals surface area contributed by atoms with Gasteiger partial charge in [-0.1, -0.05) is 73.8 Å². The van der Waals surface area contributed by atoms with E-state index in [0.29, 0.717) is 10.3 Å². The van der Waals surface area contributed by atoms with Crippen molar-refractivity contribution in [3.8, 4) is 0 Å². The van der Waals surface area contributed by atoms with Gasteiger partial charge in [-0.25, -0.2) is 9.98 Å². The van der Waals surface area contributed by atoms with Gasteiger partial charge in [-0.3, -0.25) is 0 Å². The number of thioether (sulfide) groups is 2. The van der Waals surface area contributed by atoms with E-state index >= 15 is 0 Å². The molecule has 134 valence electrons. The molecule has 0 unspecified atom stereocenters. The van der Waals surface area contributed by atoms with Gasteiger partial charge in [-0.2, -0.15) is 0 Å². The van der Waals surface area contributed by atoms with E-state index in [9.17, 15) is 0 Å². The average Bonchev–Trinajstić information content (AvgIpc) is 2.65. The zero-order valence-corrected chi connectivity index (χ0v) is 16.4. The molecular weight excluding hydrogens is 348 g/mol. The number of rotatable bonds is 6. The fourth-order valence-corrected chi connectivity index (χ4v) is 3.25. The van der Waals surface area contributed by atoms with Crippen LogP contribution in [0.5, 0.6) is 0 Å². The van der Waals surface area contributed by atoms with E-state index in [1.807, 2.05) is 74.5 Å². The molecular formula is C19H26N4S2. The first-order valence-corrected chi connectivity index (χ1v) is 10.2. The highest BCUT2D eigenvalue weighted by molar-refractivity contribution is 8.14. The third-order valence-electron chi connectivity index (χ3n) is 2.78. The topological polar surface area (TPSA) is 76.8 Å². The van der Waals surface area contributed by atoms with Crippen LogP contribution in [0.1, 0.15) is 20.3 Å². The summed E-state index contributed by atoms with van der Waals surface area (Å²) in [5, 5.41) is 1.18. The quantitative estimate of drug-likeness (QED) is 0.416. The minimum absolute atomic E-state index is 0.590. The molecule has 0 saturated carbocycles. The van der Waals surface area contributed by atoms with Crippen molar-refractivity contribution >= 4 is 45.2 Å². The summed E-state index contributed by atoms with van der Waals surface area (Å²) in [6.45, 7) is 4.00. The van der Waals surface area contributed by atoms with Gasteiger partial charge in [0.15, 0.2) is 10.3 Å². The van der Waals surface area contributed by atoms with Gasteiger partial charge in [-0.15, -0.1) is 0 Å². The molecule has 0 saturated heterocycles. The maximum atomic E-state index is 5.91. The average molecular weight is 375 g/mol. The Morgan fingerprint density at radius 2 is 1.08 bits per heavy atom. The van der Waals surface area contributed by atoms with Gasteiger partial charge in [0.25, 0.3) is 0 Å². The number of nitrogens with two attached hydrogens (primary N) is 2. The first kappa shape index (κ1) is 21.1. The molecule has 2 aromatic carbocycles. The molecule has 0 amide bonds. The summed E-state index contributed by atoms with van der Waals surface area (Å²) in [6, 6.07) is 19.4. The molecule has 0 aliphatic heterocycles. The van der Waals surface area contributed by atoms with Crippen molar-refractivity contribution in [2.75, 3.05) is 11.5 Å². The van der Waals surface area contributed by atoms with Crippen LogP contribution < -0.4 is 11.5 Å². The van der Waals surface area contributed by atoms with E-state index in [1.165, 1.54) is 0 Å². The minimum Gasteiger partial charge on any atom is -0.378 e. The Kier molecular flexibility index (Phi) is 11.3. The number of benzene rings is 2. The number of hydrogen-bond acceptors (Lipinski definition) is 4. The summed E-state index contributed by atoms with van der Waals surface area (Å²) < 4.78 is 0. The van der Waals surface area contributed by atoms with Crippen molar-refractivity contribution < 1.29 is 0 Å². The van der Waals surface area contributed by atoms with E-state index in [2.05, 4.69) is 9.98 Å². The molecule has 0 heterocycles. The summed E-state index contributed by atoms with van der Waals surface area (Å²) in [5.74, 6) is 1.82. The summed E-state index contributed by atoms with van der Waals surface area (Å²) in [4.78, 5) is 8.70. The van der Waals surface area contributed by atoms with Gasteiger partial charge in [0.2, 0.25) is 0 Å². The van der Waals surface area contributed by atoms with Crippen LogP contribution in [0.2, 0.25) is 0 Å². The van der Waals surface area contributed by atoms with Gasteiger partial charge in [0.05, 0.1) is 11.4 Å². The normalized spacial score (nSPS) is 11.6. The lowest BCUT2D eigenvalue weighted by Gasteiger charge is -2.02. The van der Waals surface area contributed by atoms with Gasteiger partial charge < -0.3 is 11.5 Å². The number of aliphatic imine (C=N–C) groups is 2. The Morgan fingerprint density at radius 1 is 0.720 bits per heavy atom. The maximum Gasteiger partial charge on any atom is 0.159 e. The number of amidine groups is 2. The fraction of sp³-hybridized carbons (Fsp3) is 0.263. The molecule has 2 aromatic rings. The molecule has 0 atom stereocenters. The summed E-state index contributed by atoms with van der Waals surface area (Å²) in [7, 11) is 0. The van der Waals surface area contributed by atoms with Crippen molar-refractivity contribution in [3.63, 3.8) is 0 Å². The first-order valence-electron chi connectivity index (χ1n) is 8.28. The molecule has 0 aliphatic carbocycles. The second kappa shape index (κ2) is 13.4. The van der Waals surface area contributed by atoms with Crippen molar-refractivity contribution in [1.82, 2.24) is 0 Å². The van der Waals surface area contributed by atoms with Crippen LogP contribution in [0.3, 0.4) is 0 Å². The molecule has 25 heavy (non-hydrogen) atoms. The van der Waals surface area contributed by atoms with Crippen LogP contribution in [0.15, 0.2) is 70.6 Å². The summed E-state index contributed by atoms with van der Waals surface area (Å²) in [6.07, 6.45) is 0.991. The van der Waals surface area contributed by atoms with E-state index < -0.39 is 0 Å². The molecule has 0 aliphatic rings. The molecule has 2 rings (SSSR count). The van der Waals surface area contributed by atoms with Gasteiger partial charge >= 0.3 is 0 Å². The van der Waals surface area contributed by atoms with Gasteiger partial charge in [0, 0.05) is 11.5 Å². The summed E-state index contributed by atoms with van der Waals surface area (Å²) in [5.41, 5.74) is 13.6. The van der Waals surface area contributed by atoms with Crippen molar-refractivity contribution in [1.29, 1.82) is 0 Å². The Hall–Kier alpha value is -1.92.